The lowest BCUT2D eigenvalue weighted by molar-refractivity contribution is -0.158. The van der Waals surface area contributed by atoms with Gasteiger partial charge in [0.25, 0.3) is 0 Å². The number of unbranched alkanes of at least 4 members (excludes halogenated alkanes) is 3. The number of hydrogen-bond donors (Lipinski definition) is 4. The van der Waals surface area contributed by atoms with Crippen molar-refractivity contribution in [3.05, 3.63) is 35.9 Å². The highest BCUT2D eigenvalue weighted by molar-refractivity contribution is 5.88. The first-order chi connectivity index (χ1) is 21.9. The van der Waals surface area contributed by atoms with E-state index in [0.717, 1.165) is 24.8 Å². The minimum absolute atomic E-state index is 0.0436. The van der Waals surface area contributed by atoms with Crippen LogP contribution in [-0.4, -0.2) is 70.2 Å². The minimum atomic E-state index is -1.32. The lowest BCUT2D eigenvalue weighted by Gasteiger charge is -2.27. The van der Waals surface area contributed by atoms with E-state index >= 15 is 0 Å². The zero-order valence-electron chi connectivity index (χ0n) is 28.8. The molecule has 3 amide bonds. The van der Waals surface area contributed by atoms with Gasteiger partial charge in [0.15, 0.2) is 0 Å². The number of carbonyl (C=O) groups is 6. The van der Waals surface area contributed by atoms with Crippen LogP contribution in [0, 0.1) is 0 Å². The Balaban J connectivity index is 2.94. The van der Waals surface area contributed by atoms with Gasteiger partial charge in [0, 0.05) is 12.8 Å². The molecule has 0 aliphatic heterocycles. The van der Waals surface area contributed by atoms with Crippen molar-refractivity contribution in [2.24, 2.45) is 0 Å². The molecule has 0 bridgehead atoms. The average molecular weight is 664 g/mol. The van der Waals surface area contributed by atoms with Gasteiger partial charge in [-0.2, -0.15) is 0 Å². The molecule has 0 fully saturated rings. The van der Waals surface area contributed by atoms with E-state index in [2.05, 4.69) is 16.0 Å². The van der Waals surface area contributed by atoms with Gasteiger partial charge in [0.1, 0.15) is 35.9 Å². The van der Waals surface area contributed by atoms with Crippen molar-refractivity contribution in [2.75, 3.05) is 0 Å². The topological polar surface area (TPSA) is 186 Å². The lowest BCUT2D eigenvalue weighted by atomic mass is 10.1. The first-order valence-corrected chi connectivity index (χ1v) is 16.1. The van der Waals surface area contributed by atoms with Gasteiger partial charge in [-0.05, 0) is 66.4 Å². The van der Waals surface area contributed by atoms with E-state index in [4.69, 9.17) is 14.2 Å². The van der Waals surface area contributed by atoms with Crippen LogP contribution in [0.5, 0.6) is 0 Å². The fourth-order valence-electron chi connectivity index (χ4n) is 4.25. The Morgan fingerprint density at radius 2 is 1.23 bits per heavy atom. The third kappa shape index (κ3) is 19.2. The van der Waals surface area contributed by atoms with Gasteiger partial charge in [0.05, 0.1) is 0 Å². The average Bonchev–Trinajstić information content (AvgIpc) is 2.96. The molecule has 13 nitrogen and oxygen atoms in total. The number of carbonyl (C=O) groups excluding carboxylic acids is 5. The number of nitrogens with one attached hydrogen (secondary N) is 3. The summed E-state index contributed by atoms with van der Waals surface area (Å²) in [6.45, 7) is 12.0. The Morgan fingerprint density at radius 3 is 1.72 bits per heavy atom. The number of amides is 3. The smallest absolute Gasteiger partial charge is 0.329 e. The predicted octanol–water partition coefficient (Wildman–Crippen LogP) is 4.55. The SMILES string of the molecule is CCCCCC[C@H](NC(=O)CC[C@H](NC(=O)N[C@@H](CCC(=O)OCc1ccccc1)C(=O)OC(C)(C)C)C(=O)OC(C)(C)C)C(=O)O. The Hall–Kier alpha value is -4.16. The first-order valence-electron chi connectivity index (χ1n) is 16.1. The molecular formula is C34H53N3O10. The van der Waals surface area contributed by atoms with Gasteiger partial charge < -0.3 is 35.3 Å². The van der Waals surface area contributed by atoms with Crippen LogP contribution in [-0.2, 0) is 44.8 Å². The van der Waals surface area contributed by atoms with Gasteiger partial charge in [-0.1, -0.05) is 62.9 Å². The minimum Gasteiger partial charge on any atom is -0.480 e. The summed E-state index contributed by atoms with van der Waals surface area (Å²) < 4.78 is 16.1. The molecule has 0 saturated heterocycles. The largest absolute Gasteiger partial charge is 0.480 e. The number of carboxylic acid groups (broad SMARTS) is 1. The van der Waals surface area contributed by atoms with Crippen molar-refractivity contribution in [3.8, 4) is 0 Å². The third-order valence-electron chi connectivity index (χ3n) is 6.51. The highest BCUT2D eigenvalue weighted by atomic mass is 16.6. The van der Waals surface area contributed by atoms with Crippen LogP contribution in [0.3, 0.4) is 0 Å². The summed E-state index contributed by atoms with van der Waals surface area (Å²) in [6, 6.07) is 4.44. The number of aliphatic carboxylic acids is 1. The molecule has 0 unspecified atom stereocenters. The number of ether oxygens (including phenoxy) is 3. The van der Waals surface area contributed by atoms with Crippen molar-refractivity contribution in [1.82, 2.24) is 16.0 Å². The molecule has 0 spiro atoms. The van der Waals surface area contributed by atoms with Crippen molar-refractivity contribution < 1.29 is 48.1 Å². The molecule has 0 aliphatic carbocycles. The number of hydrogen-bond acceptors (Lipinski definition) is 9. The molecular weight excluding hydrogens is 610 g/mol. The number of carboxylic acids is 1. The summed E-state index contributed by atoms with van der Waals surface area (Å²) in [7, 11) is 0. The number of esters is 3. The molecule has 0 radical (unpaired) electrons. The van der Waals surface area contributed by atoms with Crippen LogP contribution in [0.1, 0.15) is 112 Å². The molecule has 1 rings (SSSR count). The lowest BCUT2D eigenvalue weighted by Crippen LogP contribution is -2.53. The molecule has 0 saturated carbocycles. The predicted molar refractivity (Wildman–Crippen MR) is 174 cm³/mol. The second-order valence-electron chi connectivity index (χ2n) is 13.3. The molecule has 4 N–H and O–H groups in total. The molecule has 0 aromatic heterocycles. The molecule has 47 heavy (non-hydrogen) atoms. The van der Waals surface area contributed by atoms with Gasteiger partial charge in [0.2, 0.25) is 5.91 Å². The monoisotopic (exact) mass is 663 g/mol. The third-order valence-corrected chi connectivity index (χ3v) is 6.51. The van der Waals surface area contributed by atoms with Crippen LogP contribution in [0.2, 0.25) is 0 Å². The Kier molecular flexibility index (Phi) is 17.5. The van der Waals surface area contributed by atoms with Crippen LogP contribution in [0.15, 0.2) is 30.3 Å². The number of urea groups is 1. The van der Waals surface area contributed by atoms with Gasteiger partial charge in [-0.3, -0.25) is 9.59 Å². The Labute approximate surface area is 277 Å². The standard InChI is InChI=1S/C34H53N3O10/c1-8-9-10-14-17-24(29(40)41)35-27(38)20-18-25(30(42)46-33(2,3)4)36-32(44)37-26(31(43)47-34(5,6)7)19-21-28(39)45-22-23-15-12-11-13-16-23/h11-13,15-16,24-26H,8-10,14,17-22H2,1-7H3,(H,35,38)(H,40,41)(H2,36,37,44)/t24-,25-,26-/m0/s1. The summed E-state index contributed by atoms with van der Waals surface area (Å²) in [6.07, 6.45) is 2.83. The second kappa shape index (κ2) is 20.2. The molecule has 13 heteroatoms. The van der Waals surface area contributed by atoms with E-state index in [1.807, 2.05) is 25.1 Å². The van der Waals surface area contributed by atoms with E-state index < -0.39 is 65.1 Å². The van der Waals surface area contributed by atoms with Crippen molar-refractivity contribution >= 4 is 35.8 Å². The highest BCUT2D eigenvalue weighted by Crippen LogP contribution is 2.14. The maximum absolute atomic E-state index is 13.1. The zero-order valence-corrected chi connectivity index (χ0v) is 28.8. The van der Waals surface area contributed by atoms with Crippen LogP contribution >= 0.6 is 0 Å². The van der Waals surface area contributed by atoms with Crippen LogP contribution in [0.25, 0.3) is 0 Å². The van der Waals surface area contributed by atoms with E-state index in [-0.39, 0.29) is 38.7 Å². The van der Waals surface area contributed by atoms with E-state index in [1.165, 1.54) is 0 Å². The van der Waals surface area contributed by atoms with E-state index in [1.54, 1.807) is 53.7 Å². The van der Waals surface area contributed by atoms with Crippen molar-refractivity contribution in [1.29, 1.82) is 0 Å². The summed E-state index contributed by atoms with van der Waals surface area (Å²) in [5, 5.41) is 16.9. The quantitative estimate of drug-likeness (QED) is 0.0929. The molecule has 0 heterocycles. The molecule has 1 aromatic carbocycles. The van der Waals surface area contributed by atoms with Gasteiger partial charge in [-0.25, -0.2) is 19.2 Å². The van der Waals surface area contributed by atoms with Crippen LogP contribution in [0.4, 0.5) is 4.79 Å². The second-order valence-corrected chi connectivity index (χ2v) is 13.3. The van der Waals surface area contributed by atoms with Crippen molar-refractivity contribution in [2.45, 2.75) is 142 Å². The fourth-order valence-corrected chi connectivity index (χ4v) is 4.25. The molecule has 1 aromatic rings. The number of benzene rings is 1. The maximum Gasteiger partial charge on any atom is 0.329 e. The maximum atomic E-state index is 13.1. The summed E-state index contributed by atoms with van der Waals surface area (Å²) in [5.74, 6) is -3.98. The normalized spacial score (nSPS) is 13.3. The summed E-state index contributed by atoms with van der Waals surface area (Å²) in [5.41, 5.74) is -1.02. The summed E-state index contributed by atoms with van der Waals surface area (Å²) in [4.78, 5) is 75.9. The van der Waals surface area contributed by atoms with Crippen LogP contribution < -0.4 is 16.0 Å². The molecule has 264 valence electrons. The van der Waals surface area contributed by atoms with E-state index in [9.17, 15) is 33.9 Å². The van der Waals surface area contributed by atoms with Gasteiger partial charge >= 0.3 is 29.9 Å². The first kappa shape index (κ1) is 40.9. The molecule has 0 aliphatic rings. The van der Waals surface area contributed by atoms with Crippen molar-refractivity contribution in [3.63, 3.8) is 0 Å². The summed E-state index contributed by atoms with van der Waals surface area (Å²) >= 11 is 0. The zero-order chi connectivity index (χ0) is 35.6. The molecule has 3 atom stereocenters. The Morgan fingerprint density at radius 1 is 0.702 bits per heavy atom. The highest BCUT2D eigenvalue weighted by Gasteiger charge is 2.31. The number of rotatable bonds is 19. The Bertz CT molecular complexity index is 1170. The van der Waals surface area contributed by atoms with E-state index in [0.29, 0.717) is 6.42 Å². The van der Waals surface area contributed by atoms with Gasteiger partial charge in [-0.15, -0.1) is 0 Å². The fraction of sp³-hybridized carbons (Fsp3) is 0.647.